The molecule has 1 unspecified atom stereocenters. The maximum atomic E-state index is 11.6. The summed E-state index contributed by atoms with van der Waals surface area (Å²) in [7, 11) is 3.48. The fourth-order valence-corrected chi connectivity index (χ4v) is 1.97. The molecule has 112 valence electrons. The van der Waals surface area contributed by atoms with Crippen molar-refractivity contribution in [3.63, 3.8) is 0 Å². The van der Waals surface area contributed by atoms with Crippen molar-refractivity contribution in [3.8, 4) is 5.75 Å². The van der Waals surface area contributed by atoms with E-state index in [1.807, 2.05) is 32.2 Å². The quantitative estimate of drug-likeness (QED) is 0.707. The predicted octanol–water partition coefficient (Wildman–Crippen LogP) is 1.87. The van der Waals surface area contributed by atoms with E-state index in [1.165, 1.54) is 0 Å². The lowest BCUT2D eigenvalue weighted by Gasteiger charge is -2.16. The van der Waals surface area contributed by atoms with Crippen LogP contribution in [0.3, 0.4) is 0 Å². The summed E-state index contributed by atoms with van der Waals surface area (Å²) < 4.78 is 11.4. The van der Waals surface area contributed by atoms with Crippen LogP contribution in [0, 0.1) is 0 Å². The zero-order valence-electron chi connectivity index (χ0n) is 12.0. The third-order valence-corrected chi connectivity index (χ3v) is 3.36. The molecule has 0 aliphatic carbocycles. The van der Waals surface area contributed by atoms with E-state index < -0.39 is 0 Å². The number of amides is 1. The van der Waals surface area contributed by atoms with E-state index in [-0.39, 0.29) is 18.6 Å². The Balaban J connectivity index is 2.62. The van der Waals surface area contributed by atoms with Gasteiger partial charge in [0, 0.05) is 29.7 Å². The van der Waals surface area contributed by atoms with Crippen molar-refractivity contribution in [3.05, 3.63) is 28.2 Å². The Morgan fingerprint density at radius 2 is 2.20 bits per heavy atom. The van der Waals surface area contributed by atoms with Crippen molar-refractivity contribution in [2.75, 3.05) is 33.9 Å². The summed E-state index contributed by atoms with van der Waals surface area (Å²) in [6.45, 7) is 3.00. The summed E-state index contributed by atoms with van der Waals surface area (Å²) in [6.07, 6.45) is 0. The first-order valence-corrected chi connectivity index (χ1v) is 7.23. The Kier molecular flexibility index (Phi) is 7.58. The van der Waals surface area contributed by atoms with Crippen LogP contribution in [-0.2, 0) is 9.53 Å². The molecule has 0 saturated carbocycles. The summed E-state index contributed by atoms with van der Waals surface area (Å²) in [6, 6.07) is 5.94. The molecular weight excluding hydrogens is 324 g/mol. The third-order valence-electron chi connectivity index (χ3n) is 2.86. The van der Waals surface area contributed by atoms with E-state index in [0.717, 1.165) is 10.0 Å². The fraction of sp³-hybridized carbons (Fsp3) is 0.500. The number of nitrogens with one attached hydrogen (secondary N) is 2. The van der Waals surface area contributed by atoms with Gasteiger partial charge in [-0.2, -0.15) is 0 Å². The lowest BCUT2D eigenvalue weighted by molar-refractivity contribution is -0.123. The summed E-state index contributed by atoms with van der Waals surface area (Å²) >= 11 is 3.41. The van der Waals surface area contributed by atoms with Crippen molar-refractivity contribution in [2.45, 2.75) is 13.0 Å². The lowest BCUT2D eigenvalue weighted by atomic mass is 10.1. The summed E-state index contributed by atoms with van der Waals surface area (Å²) in [5.41, 5.74) is 1.01. The Hall–Kier alpha value is -1.11. The second kappa shape index (κ2) is 8.94. The van der Waals surface area contributed by atoms with Crippen LogP contribution in [0.25, 0.3) is 0 Å². The zero-order valence-corrected chi connectivity index (χ0v) is 13.6. The normalized spacial score (nSPS) is 12.0. The van der Waals surface area contributed by atoms with Gasteiger partial charge in [0.2, 0.25) is 0 Å². The van der Waals surface area contributed by atoms with Gasteiger partial charge in [-0.05, 0) is 26.1 Å². The number of hydrogen-bond acceptors (Lipinski definition) is 4. The zero-order chi connectivity index (χ0) is 15.0. The van der Waals surface area contributed by atoms with Gasteiger partial charge < -0.3 is 20.1 Å². The van der Waals surface area contributed by atoms with Crippen LogP contribution in [0.15, 0.2) is 22.7 Å². The maximum absolute atomic E-state index is 11.6. The highest BCUT2D eigenvalue weighted by molar-refractivity contribution is 9.10. The molecule has 2 N–H and O–H groups in total. The minimum Gasteiger partial charge on any atom is -0.483 e. The molecule has 6 heteroatoms. The molecule has 1 amide bonds. The molecule has 0 heterocycles. The lowest BCUT2D eigenvalue weighted by Crippen LogP contribution is -2.31. The molecule has 0 fully saturated rings. The maximum Gasteiger partial charge on any atom is 0.258 e. The first-order chi connectivity index (χ1) is 9.58. The van der Waals surface area contributed by atoms with Crippen molar-refractivity contribution < 1.29 is 14.3 Å². The number of rotatable bonds is 8. The average molecular weight is 345 g/mol. The average Bonchev–Trinajstić information content (AvgIpc) is 2.44. The van der Waals surface area contributed by atoms with Gasteiger partial charge >= 0.3 is 0 Å². The van der Waals surface area contributed by atoms with Gasteiger partial charge in [0.1, 0.15) is 5.75 Å². The standard InChI is InChI=1S/C14H21BrN2O3/c1-10(16-2)12-5-4-11(15)8-13(12)20-9-14(18)17-6-7-19-3/h4-5,8,10,16H,6-7,9H2,1-3H3,(H,17,18). The largest absolute Gasteiger partial charge is 0.483 e. The first kappa shape index (κ1) is 16.9. The van der Waals surface area contributed by atoms with Crippen LogP contribution in [0.4, 0.5) is 0 Å². The number of benzene rings is 1. The Bertz CT molecular complexity index is 440. The van der Waals surface area contributed by atoms with E-state index in [1.54, 1.807) is 7.11 Å². The molecule has 1 aromatic rings. The molecule has 0 aliphatic rings. The minimum absolute atomic E-state index is 0.0103. The first-order valence-electron chi connectivity index (χ1n) is 6.43. The SMILES string of the molecule is CNC(C)c1ccc(Br)cc1OCC(=O)NCCOC. The highest BCUT2D eigenvalue weighted by Gasteiger charge is 2.12. The fourth-order valence-electron chi connectivity index (χ4n) is 1.63. The number of ether oxygens (including phenoxy) is 2. The molecule has 0 saturated heterocycles. The molecule has 0 bridgehead atoms. The van der Waals surface area contributed by atoms with Crippen molar-refractivity contribution >= 4 is 21.8 Å². The summed E-state index contributed by atoms with van der Waals surface area (Å²) in [4.78, 5) is 11.6. The molecule has 20 heavy (non-hydrogen) atoms. The minimum atomic E-state index is -0.162. The van der Waals surface area contributed by atoms with Crippen molar-refractivity contribution in [1.82, 2.24) is 10.6 Å². The second-order valence-corrected chi connectivity index (χ2v) is 5.24. The second-order valence-electron chi connectivity index (χ2n) is 4.32. The molecule has 0 aliphatic heterocycles. The molecule has 0 aromatic heterocycles. The smallest absolute Gasteiger partial charge is 0.258 e. The van der Waals surface area contributed by atoms with Crippen LogP contribution >= 0.6 is 15.9 Å². The van der Waals surface area contributed by atoms with Gasteiger partial charge in [-0.15, -0.1) is 0 Å². The van der Waals surface area contributed by atoms with Gasteiger partial charge in [-0.1, -0.05) is 22.0 Å². The number of methoxy groups -OCH3 is 1. The topological polar surface area (TPSA) is 59.6 Å². The highest BCUT2D eigenvalue weighted by Crippen LogP contribution is 2.28. The summed E-state index contributed by atoms with van der Waals surface area (Å²) in [5.74, 6) is 0.535. The Morgan fingerprint density at radius 1 is 1.45 bits per heavy atom. The number of hydrogen-bond donors (Lipinski definition) is 2. The molecule has 0 radical (unpaired) electrons. The number of carbonyl (C=O) groups is 1. The van der Waals surface area contributed by atoms with Gasteiger partial charge in [0.05, 0.1) is 6.61 Å². The number of halogens is 1. The Labute approximate surface area is 128 Å². The van der Waals surface area contributed by atoms with E-state index in [4.69, 9.17) is 9.47 Å². The molecule has 0 spiro atoms. The van der Waals surface area contributed by atoms with E-state index >= 15 is 0 Å². The molecule has 1 atom stereocenters. The Morgan fingerprint density at radius 3 is 2.85 bits per heavy atom. The van der Waals surface area contributed by atoms with Gasteiger partial charge in [-0.25, -0.2) is 0 Å². The van der Waals surface area contributed by atoms with Gasteiger partial charge in [0.25, 0.3) is 5.91 Å². The highest BCUT2D eigenvalue weighted by atomic mass is 79.9. The van der Waals surface area contributed by atoms with E-state index in [9.17, 15) is 4.79 Å². The van der Waals surface area contributed by atoms with Crippen molar-refractivity contribution in [1.29, 1.82) is 0 Å². The van der Waals surface area contributed by atoms with Crippen LogP contribution in [0.1, 0.15) is 18.5 Å². The molecule has 5 nitrogen and oxygen atoms in total. The third kappa shape index (κ3) is 5.48. The van der Waals surface area contributed by atoms with Crippen LogP contribution in [-0.4, -0.2) is 39.8 Å². The van der Waals surface area contributed by atoms with E-state index in [2.05, 4.69) is 26.6 Å². The van der Waals surface area contributed by atoms with Crippen LogP contribution in [0.5, 0.6) is 5.75 Å². The molecular formula is C14H21BrN2O3. The van der Waals surface area contributed by atoms with Gasteiger partial charge in [-0.3, -0.25) is 4.79 Å². The number of carbonyl (C=O) groups excluding carboxylic acids is 1. The molecule has 1 aromatic carbocycles. The van der Waals surface area contributed by atoms with Crippen molar-refractivity contribution in [2.24, 2.45) is 0 Å². The monoisotopic (exact) mass is 344 g/mol. The van der Waals surface area contributed by atoms with E-state index in [0.29, 0.717) is 18.9 Å². The van der Waals surface area contributed by atoms with Crippen LogP contribution in [0.2, 0.25) is 0 Å². The van der Waals surface area contributed by atoms with Gasteiger partial charge in [0.15, 0.2) is 6.61 Å². The molecule has 1 rings (SSSR count). The summed E-state index contributed by atoms with van der Waals surface area (Å²) in [5, 5.41) is 5.87. The predicted molar refractivity (Wildman–Crippen MR) is 82.0 cm³/mol. The van der Waals surface area contributed by atoms with Crippen LogP contribution < -0.4 is 15.4 Å².